The molecule has 188 valence electrons. The molecule has 3 aromatic heterocycles. The van der Waals surface area contributed by atoms with Crippen molar-refractivity contribution in [2.75, 3.05) is 0 Å². The zero-order valence-corrected chi connectivity index (χ0v) is 21.4. The van der Waals surface area contributed by atoms with Crippen LogP contribution in [0.5, 0.6) is 0 Å². The van der Waals surface area contributed by atoms with E-state index in [1.54, 1.807) is 0 Å². The van der Waals surface area contributed by atoms with Crippen molar-refractivity contribution in [3.8, 4) is 33.8 Å². The van der Waals surface area contributed by atoms with Crippen molar-refractivity contribution in [2.45, 2.75) is 39.2 Å². The molecular formula is C31H29N7. The van der Waals surface area contributed by atoms with Gasteiger partial charge in [0.1, 0.15) is 11.3 Å². The minimum Gasteiger partial charge on any atom is -0.323 e. The van der Waals surface area contributed by atoms with E-state index in [1.807, 2.05) is 42.6 Å². The van der Waals surface area contributed by atoms with Crippen LogP contribution in [0.2, 0.25) is 0 Å². The molecule has 0 amide bonds. The number of hydrogen-bond donors (Lipinski definition) is 1. The highest BCUT2D eigenvalue weighted by molar-refractivity contribution is 5.81. The van der Waals surface area contributed by atoms with Crippen LogP contribution >= 0.6 is 0 Å². The smallest absolute Gasteiger partial charge is 0.205 e. The van der Waals surface area contributed by atoms with Gasteiger partial charge in [0.2, 0.25) is 5.82 Å². The van der Waals surface area contributed by atoms with Gasteiger partial charge in [-0.05, 0) is 34.4 Å². The van der Waals surface area contributed by atoms with Gasteiger partial charge in [-0.1, -0.05) is 98.6 Å². The third-order valence-electron chi connectivity index (χ3n) is 6.91. The first-order valence-corrected chi connectivity index (χ1v) is 13.1. The second-order valence-corrected chi connectivity index (χ2v) is 9.47. The Morgan fingerprint density at radius 1 is 0.816 bits per heavy atom. The predicted molar refractivity (Wildman–Crippen MR) is 150 cm³/mol. The van der Waals surface area contributed by atoms with Gasteiger partial charge in [0.15, 0.2) is 0 Å². The Bertz CT molecular complexity index is 1640. The predicted octanol–water partition coefficient (Wildman–Crippen LogP) is 6.73. The Morgan fingerprint density at radius 2 is 1.61 bits per heavy atom. The highest BCUT2D eigenvalue weighted by atomic mass is 15.5. The lowest BCUT2D eigenvalue weighted by Crippen LogP contribution is -2.05. The molecule has 7 nitrogen and oxygen atoms in total. The number of fused-ring (bicyclic) bond motifs is 1. The Labute approximate surface area is 221 Å². The highest BCUT2D eigenvalue weighted by Gasteiger charge is 2.14. The van der Waals surface area contributed by atoms with Crippen LogP contribution in [0.1, 0.15) is 37.6 Å². The van der Waals surface area contributed by atoms with Crippen molar-refractivity contribution in [1.29, 1.82) is 0 Å². The zero-order valence-electron chi connectivity index (χ0n) is 21.4. The first-order valence-electron chi connectivity index (χ1n) is 13.1. The molecule has 1 N–H and O–H groups in total. The van der Waals surface area contributed by atoms with Crippen LogP contribution in [-0.4, -0.2) is 35.2 Å². The lowest BCUT2D eigenvalue weighted by Gasteiger charge is -2.12. The second kappa shape index (κ2) is 10.8. The van der Waals surface area contributed by atoms with Crippen LogP contribution in [-0.2, 0) is 13.0 Å². The van der Waals surface area contributed by atoms with Crippen LogP contribution in [0, 0.1) is 0 Å². The van der Waals surface area contributed by atoms with E-state index in [4.69, 9.17) is 9.97 Å². The number of aromatic nitrogens is 7. The fraction of sp³-hybridized carbons (Fsp3) is 0.194. The van der Waals surface area contributed by atoms with E-state index in [0.717, 1.165) is 64.2 Å². The van der Waals surface area contributed by atoms with Crippen molar-refractivity contribution in [3.63, 3.8) is 0 Å². The summed E-state index contributed by atoms with van der Waals surface area (Å²) in [6, 6.07) is 29.4. The number of imidazole rings is 1. The molecule has 3 aromatic carbocycles. The average Bonchev–Trinajstić information content (AvgIpc) is 3.63. The number of tetrazole rings is 1. The average molecular weight is 500 g/mol. The molecule has 0 saturated carbocycles. The standard InChI is InChI=1S/C31H29N7/c1-2-3-5-14-30-33-28-20-32-27(24-10-6-4-7-11-24)19-29(28)38(30)21-22-15-17-23(18-16-22)25-12-8-9-13-26(25)31-34-36-37-35-31/h4,6-13,15-20H,2-3,5,14,21H2,1H3,(H,34,35,36,37). The van der Waals surface area contributed by atoms with Gasteiger partial charge in [-0.25, -0.2) is 4.98 Å². The van der Waals surface area contributed by atoms with E-state index in [0.29, 0.717) is 5.82 Å². The minimum atomic E-state index is 0.592. The summed E-state index contributed by atoms with van der Waals surface area (Å²) in [6.07, 6.45) is 6.39. The SMILES string of the molecule is CCCCCc1nc2cnc(-c3ccccc3)cc2n1Cc1ccc(-c2ccccc2-c2nn[nH]n2)cc1. The summed E-state index contributed by atoms with van der Waals surface area (Å²) in [5.41, 5.74) is 8.51. The van der Waals surface area contributed by atoms with Crippen LogP contribution in [0.15, 0.2) is 91.1 Å². The third-order valence-corrected chi connectivity index (χ3v) is 6.91. The normalized spacial score (nSPS) is 11.3. The number of aryl methyl sites for hydroxylation is 1. The number of hydrogen-bond acceptors (Lipinski definition) is 5. The Balaban J connectivity index is 1.35. The lowest BCUT2D eigenvalue weighted by molar-refractivity contribution is 0.659. The molecule has 38 heavy (non-hydrogen) atoms. The maximum Gasteiger partial charge on any atom is 0.205 e. The Kier molecular flexibility index (Phi) is 6.72. The summed E-state index contributed by atoms with van der Waals surface area (Å²) in [5.74, 6) is 1.71. The summed E-state index contributed by atoms with van der Waals surface area (Å²) in [6.45, 7) is 2.99. The molecule has 0 aliphatic heterocycles. The van der Waals surface area contributed by atoms with Gasteiger partial charge in [-0.15, -0.1) is 10.2 Å². The van der Waals surface area contributed by atoms with Crippen molar-refractivity contribution < 1.29 is 0 Å². The number of nitrogens with one attached hydrogen (secondary N) is 1. The van der Waals surface area contributed by atoms with Gasteiger partial charge in [-0.2, -0.15) is 5.21 Å². The molecule has 0 spiro atoms. The van der Waals surface area contributed by atoms with Gasteiger partial charge < -0.3 is 4.57 Å². The second-order valence-electron chi connectivity index (χ2n) is 9.47. The summed E-state index contributed by atoms with van der Waals surface area (Å²) < 4.78 is 2.36. The van der Waals surface area contributed by atoms with Gasteiger partial charge in [0, 0.05) is 24.1 Å². The number of benzene rings is 3. The van der Waals surface area contributed by atoms with Crippen LogP contribution in [0.3, 0.4) is 0 Å². The first-order chi connectivity index (χ1) is 18.8. The number of pyridine rings is 1. The molecule has 0 radical (unpaired) electrons. The van der Waals surface area contributed by atoms with Crippen LogP contribution in [0.4, 0.5) is 0 Å². The molecule has 3 heterocycles. The molecule has 7 heteroatoms. The van der Waals surface area contributed by atoms with Crippen LogP contribution in [0.25, 0.3) is 44.8 Å². The van der Waals surface area contributed by atoms with Crippen molar-refractivity contribution in [1.82, 2.24) is 35.2 Å². The molecule has 0 aliphatic carbocycles. The molecule has 0 fully saturated rings. The van der Waals surface area contributed by atoms with Gasteiger partial charge in [0.05, 0.1) is 17.4 Å². The van der Waals surface area contributed by atoms with E-state index in [2.05, 4.69) is 80.6 Å². The molecule has 0 saturated heterocycles. The van der Waals surface area contributed by atoms with Crippen molar-refractivity contribution in [3.05, 3.63) is 103 Å². The molecule has 0 atom stereocenters. The van der Waals surface area contributed by atoms with E-state index >= 15 is 0 Å². The van der Waals surface area contributed by atoms with Crippen molar-refractivity contribution in [2.24, 2.45) is 0 Å². The Hall–Kier alpha value is -4.65. The number of unbranched alkanes of at least 4 members (excludes halogenated alkanes) is 2. The fourth-order valence-corrected chi connectivity index (χ4v) is 4.92. The summed E-state index contributed by atoms with van der Waals surface area (Å²) >= 11 is 0. The number of H-pyrrole nitrogens is 1. The van der Waals surface area contributed by atoms with E-state index < -0.39 is 0 Å². The van der Waals surface area contributed by atoms with Gasteiger partial charge >= 0.3 is 0 Å². The summed E-state index contributed by atoms with van der Waals surface area (Å²) in [5, 5.41) is 14.6. The third kappa shape index (κ3) is 4.83. The monoisotopic (exact) mass is 499 g/mol. The summed E-state index contributed by atoms with van der Waals surface area (Å²) in [7, 11) is 0. The fourth-order valence-electron chi connectivity index (χ4n) is 4.92. The maximum atomic E-state index is 5.00. The van der Waals surface area contributed by atoms with Crippen molar-refractivity contribution >= 4 is 11.0 Å². The number of rotatable bonds is 9. The molecule has 6 rings (SSSR count). The van der Waals surface area contributed by atoms with E-state index in [9.17, 15) is 0 Å². The molecular weight excluding hydrogens is 470 g/mol. The molecule has 0 unspecified atom stereocenters. The number of aromatic amines is 1. The number of nitrogens with zero attached hydrogens (tertiary/aromatic N) is 6. The van der Waals surface area contributed by atoms with E-state index in [1.165, 1.54) is 18.4 Å². The maximum absolute atomic E-state index is 5.00. The van der Waals surface area contributed by atoms with Crippen LogP contribution < -0.4 is 0 Å². The zero-order chi connectivity index (χ0) is 25.7. The topological polar surface area (TPSA) is 85.2 Å². The Morgan fingerprint density at radius 3 is 2.37 bits per heavy atom. The molecule has 0 aliphatic rings. The largest absolute Gasteiger partial charge is 0.323 e. The van der Waals surface area contributed by atoms with Gasteiger partial charge in [0.25, 0.3) is 0 Å². The minimum absolute atomic E-state index is 0.592. The first kappa shape index (κ1) is 23.7. The summed E-state index contributed by atoms with van der Waals surface area (Å²) in [4.78, 5) is 9.72. The lowest BCUT2D eigenvalue weighted by atomic mass is 9.98. The molecule has 0 bridgehead atoms. The molecule has 6 aromatic rings. The quantitative estimate of drug-likeness (QED) is 0.223. The highest BCUT2D eigenvalue weighted by Crippen LogP contribution is 2.30. The van der Waals surface area contributed by atoms with Gasteiger partial charge in [-0.3, -0.25) is 4.98 Å². The van der Waals surface area contributed by atoms with E-state index in [-0.39, 0.29) is 0 Å².